The number of nitro groups is 1. The normalized spacial score (nSPS) is 16.1. The average molecular weight is 412 g/mol. The van der Waals surface area contributed by atoms with E-state index in [4.69, 9.17) is 21.1 Å². The minimum absolute atomic E-state index is 0.0546. The quantitative estimate of drug-likeness (QED) is 0.399. The Hall–Kier alpha value is -3.14. The van der Waals surface area contributed by atoms with Crippen molar-refractivity contribution in [3.63, 3.8) is 0 Å². The van der Waals surface area contributed by atoms with E-state index in [0.29, 0.717) is 6.42 Å². The van der Waals surface area contributed by atoms with Crippen molar-refractivity contribution in [2.75, 3.05) is 13.2 Å². The fourth-order valence-electron chi connectivity index (χ4n) is 2.62. The van der Waals surface area contributed by atoms with Crippen molar-refractivity contribution < 1.29 is 28.8 Å². The first-order valence-corrected chi connectivity index (χ1v) is 8.75. The number of hydrogen-bond acceptors (Lipinski definition) is 7. The van der Waals surface area contributed by atoms with Gasteiger partial charge in [0.25, 0.3) is 5.69 Å². The molecule has 2 amide bonds. The Morgan fingerprint density at radius 2 is 1.96 bits per heavy atom. The van der Waals surface area contributed by atoms with Crippen LogP contribution in [0.25, 0.3) is 0 Å². The molecule has 1 aliphatic heterocycles. The molecule has 0 unspecified atom stereocenters. The fourth-order valence-corrected chi connectivity index (χ4v) is 2.79. The monoisotopic (exact) mass is 411 g/mol. The Kier molecular flexibility index (Phi) is 6.94. The molecule has 10 nitrogen and oxygen atoms in total. The molecule has 0 aliphatic carbocycles. The van der Waals surface area contributed by atoms with Crippen LogP contribution in [0.1, 0.15) is 30.6 Å². The van der Waals surface area contributed by atoms with Crippen LogP contribution in [0, 0.1) is 10.1 Å². The topological polar surface area (TPSA) is 137 Å². The van der Waals surface area contributed by atoms with Gasteiger partial charge >= 0.3 is 18.0 Å². The summed E-state index contributed by atoms with van der Waals surface area (Å²) in [5.41, 5.74) is -0.640. The van der Waals surface area contributed by atoms with Crippen molar-refractivity contribution in [3.8, 4) is 0 Å². The molecule has 1 heterocycles. The SMILES string of the molecule is CCOC(=O)C1=C(COC(=O)c2ccc(Cl)cc2[N+](=O)[O-])NC(=O)N[C@@H]1CC. The Balaban J connectivity index is 2.29. The highest BCUT2D eigenvalue weighted by Gasteiger charge is 2.32. The number of benzene rings is 1. The van der Waals surface area contributed by atoms with Crippen molar-refractivity contribution in [1.82, 2.24) is 10.6 Å². The minimum Gasteiger partial charge on any atom is -0.463 e. The molecule has 11 heteroatoms. The molecular formula is C17H18ClN3O7. The molecule has 2 N–H and O–H groups in total. The number of carbonyl (C=O) groups is 3. The zero-order valence-electron chi connectivity index (χ0n) is 15.1. The lowest BCUT2D eigenvalue weighted by atomic mass is 10.0. The van der Waals surface area contributed by atoms with Crippen molar-refractivity contribution in [2.45, 2.75) is 26.3 Å². The molecule has 0 saturated carbocycles. The molecule has 1 atom stereocenters. The molecule has 28 heavy (non-hydrogen) atoms. The third-order valence-corrected chi connectivity index (χ3v) is 4.11. The smallest absolute Gasteiger partial charge is 0.345 e. The van der Waals surface area contributed by atoms with Crippen LogP contribution >= 0.6 is 11.6 Å². The molecule has 1 aliphatic rings. The maximum absolute atomic E-state index is 12.3. The van der Waals surface area contributed by atoms with Crippen LogP contribution in [0.2, 0.25) is 5.02 Å². The van der Waals surface area contributed by atoms with Crippen LogP contribution in [0.3, 0.4) is 0 Å². The lowest BCUT2D eigenvalue weighted by Crippen LogP contribution is -2.51. The Morgan fingerprint density at radius 1 is 1.25 bits per heavy atom. The van der Waals surface area contributed by atoms with Gasteiger partial charge < -0.3 is 20.1 Å². The number of nitrogens with one attached hydrogen (secondary N) is 2. The van der Waals surface area contributed by atoms with E-state index in [9.17, 15) is 24.5 Å². The van der Waals surface area contributed by atoms with E-state index in [2.05, 4.69) is 10.6 Å². The molecule has 0 fully saturated rings. The molecule has 0 aromatic heterocycles. The van der Waals surface area contributed by atoms with Gasteiger partial charge in [-0.1, -0.05) is 18.5 Å². The van der Waals surface area contributed by atoms with Gasteiger partial charge in [-0.15, -0.1) is 0 Å². The molecule has 0 bridgehead atoms. The van der Waals surface area contributed by atoms with Gasteiger partial charge in [0, 0.05) is 11.1 Å². The van der Waals surface area contributed by atoms with Crippen LogP contribution < -0.4 is 10.6 Å². The van der Waals surface area contributed by atoms with Crippen LogP contribution in [0.5, 0.6) is 0 Å². The van der Waals surface area contributed by atoms with E-state index < -0.39 is 41.2 Å². The summed E-state index contributed by atoms with van der Waals surface area (Å²) < 4.78 is 10.1. The van der Waals surface area contributed by atoms with E-state index in [1.165, 1.54) is 12.1 Å². The number of amides is 2. The molecule has 0 spiro atoms. The van der Waals surface area contributed by atoms with Gasteiger partial charge in [-0.3, -0.25) is 10.1 Å². The molecule has 2 rings (SSSR count). The van der Waals surface area contributed by atoms with Gasteiger partial charge in [0.15, 0.2) is 0 Å². The van der Waals surface area contributed by atoms with Crippen molar-refractivity contribution >= 4 is 35.3 Å². The lowest BCUT2D eigenvalue weighted by Gasteiger charge is -2.28. The third kappa shape index (κ3) is 4.77. The maximum atomic E-state index is 12.3. The average Bonchev–Trinajstić information content (AvgIpc) is 2.65. The van der Waals surface area contributed by atoms with Crippen LogP contribution in [-0.4, -0.2) is 42.1 Å². The van der Waals surface area contributed by atoms with Crippen LogP contribution in [0.15, 0.2) is 29.5 Å². The first kappa shape index (κ1) is 21.2. The summed E-state index contributed by atoms with van der Waals surface area (Å²) in [5.74, 6) is -1.66. The standard InChI is InChI=1S/C17H18ClN3O7/c1-3-11-14(16(23)27-4-2)12(20-17(24)19-11)8-28-15(22)10-6-5-9(18)7-13(10)21(25)26/h5-7,11H,3-4,8H2,1-2H3,(H2,19,20,24)/t11-/m1/s1. The van der Waals surface area contributed by atoms with E-state index in [-0.39, 0.29) is 28.5 Å². The van der Waals surface area contributed by atoms with Crippen LogP contribution in [0.4, 0.5) is 10.5 Å². The highest BCUT2D eigenvalue weighted by atomic mass is 35.5. The number of halogens is 1. The molecule has 0 radical (unpaired) electrons. The summed E-state index contributed by atoms with van der Waals surface area (Å²) in [7, 11) is 0. The number of rotatable bonds is 7. The summed E-state index contributed by atoms with van der Waals surface area (Å²) in [6.45, 7) is 3.04. The molecular weight excluding hydrogens is 394 g/mol. The number of hydrogen-bond donors (Lipinski definition) is 2. The molecule has 150 valence electrons. The van der Waals surface area contributed by atoms with Gasteiger partial charge in [-0.25, -0.2) is 14.4 Å². The van der Waals surface area contributed by atoms with E-state index in [1.807, 2.05) is 0 Å². The van der Waals surface area contributed by atoms with Crippen LogP contribution in [-0.2, 0) is 14.3 Å². The second-order valence-electron chi connectivity index (χ2n) is 5.67. The Morgan fingerprint density at radius 3 is 2.57 bits per heavy atom. The fraction of sp³-hybridized carbons (Fsp3) is 0.353. The first-order chi connectivity index (χ1) is 13.3. The number of urea groups is 1. The zero-order chi connectivity index (χ0) is 20.8. The predicted molar refractivity (Wildman–Crippen MR) is 97.8 cm³/mol. The molecule has 1 aromatic carbocycles. The second-order valence-corrected chi connectivity index (χ2v) is 6.10. The summed E-state index contributed by atoms with van der Waals surface area (Å²) >= 11 is 5.73. The minimum atomic E-state index is -1.00. The predicted octanol–water partition coefficient (Wildman–Crippen LogP) is 2.31. The summed E-state index contributed by atoms with van der Waals surface area (Å²) in [6.07, 6.45) is 0.404. The van der Waals surface area contributed by atoms with Gasteiger partial charge in [0.2, 0.25) is 0 Å². The molecule has 0 saturated heterocycles. The number of ether oxygens (including phenoxy) is 2. The first-order valence-electron chi connectivity index (χ1n) is 8.37. The summed E-state index contributed by atoms with van der Waals surface area (Å²) in [5, 5.41) is 16.2. The number of nitrogens with zero attached hydrogens (tertiary/aromatic N) is 1. The van der Waals surface area contributed by atoms with Gasteiger partial charge in [0.1, 0.15) is 12.2 Å². The molecule has 1 aromatic rings. The van der Waals surface area contributed by atoms with Gasteiger partial charge in [0.05, 0.1) is 28.8 Å². The summed E-state index contributed by atoms with van der Waals surface area (Å²) in [4.78, 5) is 46.8. The number of carbonyl (C=O) groups excluding carboxylic acids is 3. The Labute approximate surface area is 165 Å². The van der Waals surface area contributed by atoms with Gasteiger partial charge in [-0.2, -0.15) is 0 Å². The second kappa shape index (κ2) is 9.18. The number of esters is 2. The van der Waals surface area contributed by atoms with Crippen molar-refractivity contribution in [1.29, 1.82) is 0 Å². The van der Waals surface area contributed by atoms with Crippen molar-refractivity contribution in [2.24, 2.45) is 0 Å². The maximum Gasteiger partial charge on any atom is 0.345 e. The summed E-state index contributed by atoms with van der Waals surface area (Å²) in [6, 6.07) is 2.32. The third-order valence-electron chi connectivity index (χ3n) is 3.87. The van der Waals surface area contributed by atoms with Gasteiger partial charge in [-0.05, 0) is 25.5 Å². The van der Waals surface area contributed by atoms with E-state index >= 15 is 0 Å². The number of nitro benzene ring substituents is 1. The van der Waals surface area contributed by atoms with E-state index in [0.717, 1.165) is 6.07 Å². The van der Waals surface area contributed by atoms with E-state index in [1.54, 1.807) is 13.8 Å². The highest BCUT2D eigenvalue weighted by Crippen LogP contribution is 2.24. The zero-order valence-corrected chi connectivity index (χ0v) is 15.9. The lowest BCUT2D eigenvalue weighted by molar-refractivity contribution is -0.385. The van der Waals surface area contributed by atoms with Crippen molar-refractivity contribution in [3.05, 3.63) is 50.2 Å². The largest absolute Gasteiger partial charge is 0.463 e. The Bertz CT molecular complexity index is 853. The highest BCUT2D eigenvalue weighted by molar-refractivity contribution is 6.31.